The third kappa shape index (κ3) is 2.08. The maximum atomic E-state index is 10.5. The Hall–Kier alpha value is -1.54. The van der Waals surface area contributed by atoms with Gasteiger partial charge in [-0.2, -0.15) is 0 Å². The quantitative estimate of drug-likeness (QED) is 0.794. The SMILES string of the molecule is OC(C1=CCCCCC1)c1coc2ccccc12. The topological polar surface area (TPSA) is 33.4 Å². The van der Waals surface area contributed by atoms with Gasteiger partial charge in [-0.05, 0) is 37.3 Å². The van der Waals surface area contributed by atoms with Gasteiger partial charge < -0.3 is 9.52 Å². The molecule has 0 fully saturated rings. The first kappa shape index (κ1) is 11.5. The minimum atomic E-state index is -0.508. The van der Waals surface area contributed by atoms with Crippen LogP contribution in [0, 0.1) is 0 Å². The molecule has 1 aliphatic carbocycles. The highest BCUT2D eigenvalue weighted by Gasteiger charge is 2.18. The van der Waals surface area contributed by atoms with Crippen molar-refractivity contribution in [1.29, 1.82) is 0 Å². The highest BCUT2D eigenvalue weighted by Crippen LogP contribution is 2.34. The Balaban J connectivity index is 1.96. The summed E-state index contributed by atoms with van der Waals surface area (Å²) in [5, 5.41) is 11.6. The van der Waals surface area contributed by atoms with Crippen LogP contribution in [0.15, 0.2) is 46.6 Å². The second-order valence-electron chi connectivity index (χ2n) is 4.97. The van der Waals surface area contributed by atoms with Crippen LogP contribution in [0.3, 0.4) is 0 Å². The van der Waals surface area contributed by atoms with Crippen molar-refractivity contribution in [2.24, 2.45) is 0 Å². The first-order valence-electron chi connectivity index (χ1n) is 6.69. The molecule has 0 spiro atoms. The molecule has 0 saturated carbocycles. The van der Waals surface area contributed by atoms with E-state index in [-0.39, 0.29) is 0 Å². The average molecular weight is 242 g/mol. The number of allylic oxidation sites excluding steroid dienone is 1. The van der Waals surface area contributed by atoms with Crippen molar-refractivity contribution in [1.82, 2.24) is 0 Å². The molecule has 1 heterocycles. The van der Waals surface area contributed by atoms with E-state index in [1.54, 1.807) is 6.26 Å². The van der Waals surface area contributed by atoms with E-state index in [2.05, 4.69) is 6.08 Å². The fourth-order valence-electron chi connectivity index (χ4n) is 2.70. The van der Waals surface area contributed by atoms with Crippen molar-refractivity contribution in [3.8, 4) is 0 Å². The van der Waals surface area contributed by atoms with Crippen molar-refractivity contribution < 1.29 is 9.52 Å². The van der Waals surface area contributed by atoms with Crippen LogP contribution in [-0.2, 0) is 0 Å². The number of hydrogen-bond donors (Lipinski definition) is 1. The Bertz CT molecular complexity index is 565. The molecular formula is C16H18O2. The molecular weight excluding hydrogens is 224 g/mol. The fourth-order valence-corrected chi connectivity index (χ4v) is 2.70. The summed E-state index contributed by atoms with van der Waals surface area (Å²) in [6.07, 6.45) is 9.16. The summed E-state index contributed by atoms with van der Waals surface area (Å²) < 4.78 is 5.51. The largest absolute Gasteiger partial charge is 0.464 e. The third-order valence-corrected chi connectivity index (χ3v) is 3.73. The number of aliphatic hydroxyl groups is 1. The molecule has 1 N–H and O–H groups in total. The second kappa shape index (κ2) is 4.99. The Kier molecular flexibility index (Phi) is 3.20. The van der Waals surface area contributed by atoms with Crippen LogP contribution in [0.4, 0.5) is 0 Å². The molecule has 18 heavy (non-hydrogen) atoms. The summed E-state index contributed by atoms with van der Waals surface area (Å²) in [5.41, 5.74) is 2.90. The van der Waals surface area contributed by atoms with Gasteiger partial charge in [-0.3, -0.25) is 0 Å². The highest BCUT2D eigenvalue weighted by molar-refractivity contribution is 5.81. The normalized spacial score (nSPS) is 18.4. The van der Waals surface area contributed by atoms with Gasteiger partial charge in [0.1, 0.15) is 11.7 Å². The van der Waals surface area contributed by atoms with E-state index in [0.29, 0.717) is 0 Å². The van der Waals surface area contributed by atoms with Gasteiger partial charge >= 0.3 is 0 Å². The van der Waals surface area contributed by atoms with E-state index in [4.69, 9.17) is 4.42 Å². The van der Waals surface area contributed by atoms with Crippen LogP contribution in [0.5, 0.6) is 0 Å². The van der Waals surface area contributed by atoms with E-state index < -0.39 is 6.10 Å². The summed E-state index contributed by atoms with van der Waals surface area (Å²) in [7, 11) is 0. The van der Waals surface area contributed by atoms with Gasteiger partial charge in [0, 0.05) is 10.9 Å². The Morgan fingerprint density at radius 3 is 2.94 bits per heavy atom. The minimum Gasteiger partial charge on any atom is -0.464 e. The van der Waals surface area contributed by atoms with Crippen LogP contribution in [-0.4, -0.2) is 5.11 Å². The maximum Gasteiger partial charge on any atom is 0.134 e. The van der Waals surface area contributed by atoms with E-state index in [0.717, 1.165) is 34.9 Å². The van der Waals surface area contributed by atoms with Crippen molar-refractivity contribution in [3.05, 3.63) is 47.7 Å². The van der Waals surface area contributed by atoms with Gasteiger partial charge in [-0.25, -0.2) is 0 Å². The van der Waals surface area contributed by atoms with Gasteiger partial charge in [0.05, 0.1) is 6.26 Å². The Morgan fingerprint density at radius 2 is 2.00 bits per heavy atom. The van der Waals surface area contributed by atoms with Crippen LogP contribution >= 0.6 is 0 Å². The van der Waals surface area contributed by atoms with Crippen molar-refractivity contribution in [3.63, 3.8) is 0 Å². The first-order chi connectivity index (χ1) is 8.86. The lowest BCUT2D eigenvalue weighted by atomic mass is 9.97. The molecule has 0 bridgehead atoms. The highest BCUT2D eigenvalue weighted by atomic mass is 16.3. The number of fused-ring (bicyclic) bond motifs is 1. The van der Waals surface area contributed by atoms with Gasteiger partial charge in [-0.15, -0.1) is 0 Å². The Labute approximate surface area is 107 Å². The molecule has 0 amide bonds. The van der Waals surface area contributed by atoms with Gasteiger partial charge in [0.15, 0.2) is 0 Å². The first-order valence-corrected chi connectivity index (χ1v) is 6.69. The lowest BCUT2D eigenvalue weighted by Crippen LogP contribution is -2.00. The zero-order valence-corrected chi connectivity index (χ0v) is 10.4. The van der Waals surface area contributed by atoms with E-state index in [1.165, 1.54) is 19.3 Å². The molecule has 1 aromatic carbocycles. The molecule has 1 atom stereocenters. The molecule has 0 aliphatic heterocycles. The van der Waals surface area contributed by atoms with Crippen LogP contribution in [0.25, 0.3) is 11.0 Å². The number of para-hydroxylation sites is 1. The summed E-state index contributed by atoms with van der Waals surface area (Å²) >= 11 is 0. The van der Waals surface area contributed by atoms with Gasteiger partial charge in [-0.1, -0.05) is 30.7 Å². The molecule has 1 unspecified atom stereocenters. The molecule has 0 saturated heterocycles. The Morgan fingerprint density at radius 1 is 1.11 bits per heavy atom. The molecule has 94 valence electrons. The second-order valence-corrected chi connectivity index (χ2v) is 4.97. The van der Waals surface area contributed by atoms with E-state index >= 15 is 0 Å². The van der Waals surface area contributed by atoms with Crippen molar-refractivity contribution in [2.75, 3.05) is 0 Å². The van der Waals surface area contributed by atoms with E-state index in [9.17, 15) is 5.11 Å². The molecule has 2 heteroatoms. The number of aliphatic hydroxyl groups excluding tert-OH is 1. The monoisotopic (exact) mass is 242 g/mol. The van der Waals surface area contributed by atoms with Crippen LogP contribution < -0.4 is 0 Å². The number of furan rings is 1. The van der Waals surface area contributed by atoms with Crippen molar-refractivity contribution >= 4 is 11.0 Å². The lowest BCUT2D eigenvalue weighted by Gasteiger charge is -2.12. The zero-order chi connectivity index (χ0) is 12.4. The zero-order valence-electron chi connectivity index (χ0n) is 10.4. The standard InChI is InChI=1S/C16H18O2/c17-16(12-7-3-1-2-4-8-12)14-11-18-15-10-6-5-9-13(14)15/h5-7,9-11,16-17H,1-4,8H2. The fraction of sp³-hybridized carbons (Fsp3) is 0.375. The molecule has 3 rings (SSSR count). The predicted octanol–water partition coefficient (Wildman–Crippen LogP) is 4.36. The molecule has 2 nitrogen and oxygen atoms in total. The number of benzene rings is 1. The molecule has 1 aliphatic rings. The van der Waals surface area contributed by atoms with Gasteiger partial charge in [0.2, 0.25) is 0 Å². The summed E-state index contributed by atoms with van der Waals surface area (Å²) in [4.78, 5) is 0. The third-order valence-electron chi connectivity index (χ3n) is 3.73. The lowest BCUT2D eigenvalue weighted by molar-refractivity contribution is 0.211. The van der Waals surface area contributed by atoms with Crippen LogP contribution in [0.2, 0.25) is 0 Å². The summed E-state index contributed by atoms with van der Waals surface area (Å²) in [6, 6.07) is 7.88. The van der Waals surface area contributed by atoms with Crippen molar-refractivity contribution in [2.45, 2.75) is 38.2 Å². The molecule has 1 aromatic heterocycles. The predicted molar refractivity (Wildman–Crippen MR) is 72.3 cm³/mol. The van der Waals surface area contributed by atoms with Gasteiger partial charge in [0.25, 0.3) is 0 Å². The molecule has 2 aromatic rings. The summed E-state index contributed by atoms with van der Waals surface area (Å²) in [5.74, 6) is 0. The maximum absolute atomic E-state index is 10.5. The number of rotatable bonds is 2. The smallest absolute Gasteiger partial charge is 0.134 e. The van der Waals surface area contributed by atoms with E-state index in [1.807, 2.05) is 24.3 Å². The average Bonchev–Trinajstić information content (AvgIpc) is 2.65. The van der Waals surface area contributed by atoms with Crippen LogP contribution in [0.1, 0.15) is 43.8 Å². The number of hydrogen-bond acceptors (Lipinski definition) is 2. The molecule has 0 radical (unpaired) electrons. The minimum absolute atomic E-state index is 0.508. The summed E-state index contributed by atoms with van der Waals surface area (Å²) in [6.45, 7) is 0.